The summed E-state index contributed by atoms with van der Waals surface area (Å²) in [4.78, 5) is 21.5. The summed E-state index contributed by atoms with van der Waals surface area (Å²) in [6.07, 6.45) is 1.22. The Labute approximate surface area is 250 Å². The van der Waals surface area contributed by atoms with Crippen molar-refractivity contribution in [3.8, 4) is 0 Å². The van der Waals surface area contributed by atoms with Crippen molar-refractivity contribution >= 4 is 25.4 Å². The van der Waals surface area contributed by atoms with E-state index in [2.05, 4.69) is 20.4 Å². The molecule has 2 aromatic carbocycles. The average molecular weight is 610 g/mol. The Morgan fingerprint density at radius 3 is 2.28 bits per heavy atom. The predicted molar refractivity (Wildman–Crippen MR) is 158 cm³/mol. The molecule has 1 fully saturated rings. The van der Waals surface area contributed by atoms with Crippen LogP contribution in [0.25, 0.3) is 5.65 Å². The topological polar surface area (TPSA) is 135 Å². The van der Waals surface area contributed by atoms with Gasteiger partial charge in [0.2, 0.25) is 5.95 Å². The van der Waals surface area contributed by atoms with Gasteiger partial charge in [-0.3, -0.25) is 18.4 Å². The van der Waals surface area contributed by atoms with Crippen molar-refractivity contribution in [3.63, 3.8) is 0 Å². The van der Waals surface area contributed by atoms with E-state index < -0.39 is 20.0 Å². The first-order valence-corrected chi connectivity index (χ1v) is 15.7. The van der Waals surface area contributed by atoms with Gasteiger partial charge in [0, 0.05) is 18.5 Å². The van der Waals surface area contributed by atoms with Gasteiger partial charge in [-0.25, -0.2) is 9.55 Å². The second kappa shape index (κ2) is 14.2. The predicted octanol–water partition coefficient (Wildman–Crippen LogP) is 5.43. The van der Waals surface area contributed by atoms with Crippen LogP contribution in [-0.2, 0) is 45.6 Å². The average Bonchev–Trinajstić information content (AvgIpc) is 3.62. The highest BCUT2D eigenvalue weighted by atomic mass is 31.2. The van der Waals surface area contributed by atoms with Crippen LogP contribution in [0.1, 0.15) is 48.4 Å². The summed E-state index contributed by atoms with van der Waals surface area (Å²) in [5.74, 6) is 0.483. The molecule has 1 aliphatic heterocycles. The third-order valence-electron chi connectivity index (χ3n) is 7.05. The number of anilines is 1. The van der Waals surface area contributed by atoms with Crippen LogP contribution in [0.4, 0.5) is 5.95 Å². The smallest absolute Gasteiger partial charge is 0.466 e. The molecule has 4 aromatic rings. The van der Waals surface area contributed by atoms with Gasteiger partial charge in [-0.05, 0) is 31.4 Å². The zero-order chi connectivity index (χ0) is 30.2. The van der Waals surface area contributed by atoms with Crippen LogP contribution < -0.4 is 5.32 Å². The number of hydrogen-bond acceptors (Lipinski definition) is 11. The van der Waals surface area contributed by atoms with Crippen molar-refractivity contribution in [2.24, 2.45) is 5.92 Å². The van der Waals surface area contributed by atoms with E-state index in [4.69, 9.17) is 23.0 Å². The van der Waals surface area contributed by atoms with Gasteiger partial charge in [-0.1, -0.05) is 60.7 Å². The normalized spacial score (nSPS) is 18.6. The number of carbonyl (C=O) groups is 1. The standard InChI is InChI=1S/C30H36N5O7P/c1-4-38-28(36)16-24-15-26(25-17-32-35-29(25)33-21(2)34-30(35)31-3)42-27(24)20-41-43(37,39-18-22-11-7-5-8-12-22)40-19-23-13-9-6-10-14-23/h5-14,17,24,26-27H,4,15-16,18-20H2,1-3H3,(H,31,33,34)/t24-,26-,27-/m1/s1. The Morgan fingerprint density at radius 1 is 1.02 bits per heavy atom. The highest BCUT2D eigenvalue weighted by molar-refractivity contribution is 7.48. The molecule has 1 N–H and O–H groups in total. The number of nitrogens with zero attached hydrogens (tertiary/aromatic N) is 4. The fraction of sp³-hybridized carbons (Fsp3) is 0.400. The number of fused-ring (bicyclic) bond motifs is 1. The maximum atomic E-state index is 13.9. The second-order valence-electron chi connectivity index (χ2n) is 10.1. The van der Waals surface area contributed by atoms with Crippen LogP contribution in [0.15, 0.2) is 66.9 Å². The minimum absolute atomic E-state index is 0.0303. The number of phosphoric acid groups is 1. The summed E-state index contributed by atoms with van der Waals surface area (Å²) >= 11 is 0. The molecular formula is C30H36N5O7P. The number of aromatic nitrogens is 4. The van der Waals surface area contributed by atoms with Crippen LogP contribution in [0.5, 0.6) is 0 Å². The lowest BCUT2D eigenvalue weighted by Crippen LogP contribution is -2.25. The van der Waals surface area contributed by atoms with E-state index in [1.54, 1.807) is 31.6 Å². The van der Waals surface area contributed by atoms with E-state index in [1.807, 2.05) is 60.7 Å². The first-order chi connectivity index (χ1) is 20.9. The molecule has 228 valence electrons. The number of nitrogens with one attached hydrogen (secondary N) is 1. The molecule has 0 spiro atoms. The van der Waals surface area contributed by atoms with Crippen molar-refractivity contribution in [2.45, 2.75) is 52.1 Å². The zero-order valence-corrected chi connectivity index (χ0v) is 25.3. The molecule has 1 saturated heterocycles. The van der Waals surface area contributed by atoms with E-state index in [0.717, 1.165) is 16.7 Å². The van der Waals surface area contributed by atoms with E-state index in [0.29, 0.717) is 23.8 Å². The van der Waals surface area contributed by atoms with Gasteiger partial charge in [0.05, 0.1) is 51.3 Å². The molecule has 3 heterocycles. The minimum Gasteiger partial charge on any atom is -0.466 e. The van der Waals surface area contributed by atoms with Gasteiger partial charge in [-0.2, -0.15) is 14.6 Å². The Hall–Kier alpha value is -3.67. The first-order valence-electron chi connectivity index (χ1n) is 14.2. The fourth-order valence-electron chi connectivity index (χ4n) is 4.95. The molecule has 3 atom stereocenters. The number of benzene rings is 2. The summed E-state index contributed by atoms with van der Waals surface area (Å²) in [6, 6.07) is 18.7. The fourth-order valence-corrected chi connectivity index (χ4v) is 6.12. The van der Waals surface area contributed by atoms with Crippen LogP contribution in [-0.4, -0.2) is 51.9 Å². The molecule has 0 aliphatic carbocycles. The van der Waals surface area contributed by atoms with E-state index in [9.17, 15) is 9.36 Å². The maximum Gasteiger partial charge on any atom is 0.475 e. The molecule has 2 aromatic heterocycles. The zero-order valence-electron chi connectivity index (χ0n) is 24.4. The lowest BCUT2D eigenvalue weighted by Gasteiger charge is -2.22. The number of phosphoric ester groups is 1. The monoisotopic (exact) mass is 609 g/mol. The van der Waals surface area contributed by atoms with E-state index in [1.165, 1.54) is 0 Å². The first kappa shape index (κ1) is 30.8. The number of hydrogen-bond donors (Lipinski definition) is 1. The number of rotatable bonds is 14. The van der Waals surface area contributed by atoms with Crippen LogP contribution in [0.3, 0.4) is 0 Å². The summed E-state index contributed by atoms with van der Waals surface area (Å²) in [5.41, 5.74) is 2.99. The Balaban J connectivity index is 1.35. The van der Waals surface area contributed by atoms with Crippen molar-refractivity contribution in [1.82, 2.24) is 19.6 Å². The van der Waals surface area contributed by atoms with Crippen molar-refractivity contribution in [1.29, 1.82) is 0 Å². The maximum absolute atomic E-state index is 13.9. The van der Waals surface area contributed by atoms with Crippen LogP contribution >= 0.6 is 7.82 Å². The lowest BCUT2D eigenvalue weighted by atomic mass is 9.94. The molecule has 0 bridgehead atoms. The minimum atomic E-state index is -4.05. The van der Waals surface area contributed by atoms with Gasteiger partial charge in [-0.15, -0.1) is 0 Å². The Morgan fingerprint density at radius 2 is 1.67 bits per heavy atom. The molecule has 5 rings (SSSR count). The van der Waals surface area contributed by atoms with Gasteiger partial charge in [0.15, 0.2) is 5.65 Å². The Bertz CT molecular complexity index is 1510. The molecule has 12 nitrogen and oxygen atoms in total. The van der Waals surface area contributed by atoms with Gasteiger partial charge in [0.1, 0.15) is 5.82 Å². The molecule has 43 heavy (non-hydrogen) atoms. The van der Waals surface area contributed by atoms with Crippen LogP contribution in [0, 0.1) is 12.8 Å². The van der Waals surface area contributed by atoms with Crippen molar-refractivity contribution in [3.05, 3.63) is 89.4 Å². The van der Waals surface area contributed by atoms with Gasteiger partial charge in [0.25, 0.3) is 0 Å². The summed E-state index contributed by atoms with van der Waals surface area (Å²) < 4.78 is 44.6. The molecule has 1 aliphatic rings. The van der Waals surface area contributed by atoms with E-state index in [-0.39, 0.29) is 44.7 Å². The van der Waals surface area contributed by atoms with Gasteiger partial charge < -0.3 is 14.8 Å². The summed E-state index contributed by atoms with van der Waals surface area (Å²) in [5, 5.41) is 7.47. The highest BCUT2D eigenvalue weighted by Crippen LogP contribution is 2.52. The number of ether oxygens (including phenoxy) is 2. The largest absolute Gasteiger partial charge is 0.475 e. The second-order valence-corrected chi connectivity index (χ2v) is 11.8. The number of carbonyl (C=O) groups excluding carboxylic acids is 1. The van der Waals surface area contributed by atoms with Crippen LogP contribution in [0.2, 0.25) is 0 Å². The molecular weight excluding hydrogens is 573 g/mol. The molecule has 13 heteroatoms. The van der Waals surface area contributed by atoms with Crippen molar-refractivity contribution in [2.75, 3.05) is 25.6 Å². The Kier molecular flexibility index (Phi) is 10.2. The summed E-state index contributed by atoms with van der Waals surface area (Å²) in [6.45, 7) is 3.76. The quantitative estimate of drug-likeness (QED) is 0.145. The van der Waals surface area contributed by atoms with Gasteiger partial charge >= 0.3 is 13.8 Å². The number of esters is 1. The van der Waals surface area contributed by atoms with Crippen molar-refractivity contribution < 1.29 is 32.4 Å². The summed E-state index contributed by atoms with van der Waals surface area (Å²) in [7, 11) is -2.29. The number of aryl methyl sites for hydroxylation is 1. The molecule has 0 unspecified atom stereocenters. The third-order valence-corrected chi connectivity index (χ3v) is 8.41. The molecule has 0 radical (unpaired) electrons. The lowest BCUT2D eigenvalue weighted by molar-refractivity contribution is -0.144. The highest BCUT2D eigenvalue weighted by Gasteiger charge is 2.41. The SMILES string of the molecule is CCOC(=O)C[C@H]1C[C@H](c2cnn3c(NC)nc(C)nc23)O[C@@H]1COP(=O)(OCc1ccccc1)OCc1ccccc1. The van der Waals surface area contributed by atoms with E-state index >= 15 is 0 Å². The molecule has 0 saturated carbocycles. The molecule has 0 amide bonds. The third kappa shape index (κ3) is 7.84.